The maximum absolute atomic E-state index is 12.3. The summed E-state index contributed by atoms with van der Waals surface area (Å²) in [4.78, 5) is 14.0. The van der Waals surface area contributed by atoms with Gasteiger partial charge in [-0.25, -0.2) is 0 Å². The SMILES string of the molecule is COc1cccc(CN(C)C(=O)CSc2nncn2C(C)C)c1. The van der Waals surface area contributed by atoms with Crippen molar-refractivity contribution in [1.82, 2.24) is 19.7 Å². The molecule has 0 fully saturated rings. The first kappa shape index (κ1) is 17.3. The number of methoxy groups -OCH3 is 1. The predicted octanol–water partition coefficient (Wildman–Crippen LogP) is 2.62. The number of aromatic nitrogens is 3. The molecule has 23 heavy (non-hydrogen) atoms. The molecule has 0 spiro atoms. The van der Waals surface area contributed by atoms with Crippen LogP contribution >= 0.6 is 11.8 Å². The van der Waals surface area contributed by atoms with Crippen LogP contribution in [0.25, 0.3) is 0 Å². The van der Waals surface area contributed by atoms with Gasteiger partial charge in [-0.1, -0.05) is 23.9 Å². The van der Waals surface area contributed by atoms with Gasteiger partial charge >= 0.3 is 0 Å². The van der Waals surface area contributed by atoms with Crippen LogP contribution in [0, 0.1) is 0 Å². The second-order valence-corrected chi connectivity index (χ2v) is 6.45. The molecule has 0 radical (unpaired) electrons. The van der Waals surface area contributed by atoms with Crippen LogP contribution < -0.4 is 4.74 Å². The lowest BCUT2D eigenvalue weighted by molar-refractivity contribution is -0.127. The lowest BCUT2D eigenvalue weighted by Crippen LogP contribution is -2.28. The summed E-state index contributed by atoms with van der Waals surface area (Å²) < 4.78 is 7.16. The molecule has 0 aliphatic heterocycles. The van der Waals surface area contributed by atoms with Crippen molar-refractivity contribution in [3.8, 4) is 5.75 Å². The van der Waals surface area contributed by atoms with Gasteiger partial charge < -0.3 is 14.2 Å². The molecule has 0 aliphatic carbocycles. The van der Waals surface area contributed by atoms with E-state index in [1.807, 2.05) is 28.8 Å². The molecule has 0 atom stereocenters. The monoisotopic (exact) mass is 334 g/mol. The standard InChI is InChI=1S/C16H22N4O2S/c1-12(2)20-11-17-18-16(20)23-10-15(21)19(3)9-13-6-5-7-14(8-13)22-4/h5-8,11-12H,9-10H2,1-4H3. The molecular weight excluding hydrogens is 312 g/mol. The van der Waals surface area contributed by atoms with E-state index in [1.54, 1.807) is 25.4 Å². The molecule has 0 N–H and O–H groups in total. The highest BCUT2D eigenvalue weighted by molar-refractivity contribution is 7.99. The molecule has 0 bridgehead atoms. The van der Waals surface area contributed by atoms with E-state index in [2.05, 4.69) is 24.0 Å². The Balaban J connectivity index is 1.91. The number of ether oxygens (including phenoxy) is 1. The minimum Gasteiger partial charge on any atom is -0.497 e. The molecule has 1 heterocycles. The van der Waals surface area contributed by atoms with Gasteiger partial charge in [0.25, 0.3) is 0 Å². The summed E-state index contributed by atoms with van der Waals surface area (Å²) >= 11 is 1.41. The van der Waals surface area contributed by atoms with E-state index in [9.17, 15) is 4.79 Å². The summed E-state index contributed by atoms with van der Waals surface area (Å²) in [5.74, 6) is 1.19. The molecule has 6 nitrogen and oxygen atoms in total. The molecule has 7 heteroatoms. The van der Waals surface area contributed by atoms with E-state index in [4.69, 9.17) is 4.74 Å². The molecule has 1 aromatic carbocycles. The van der Waals surface area contributed by atoms with Crippen molar-refractivity contribution in [2.45, 2.75) is 31.6 Å². The summed E-state index contributed by atoms with van der Waals surface area (Å²) in [7, 11) is 3.44. The van der Waals surface area contributed by atoms with Crippen molar-refractivity contribution in [2.24, 2.45) is 0 Å². The average molecular weight is 334 g/mol. The molecule has 0 unspecified atom stereocenters. The quantitative estimate of drug-likeness (QED) is 0.729. The molecule has 2 aromatic rings. The fraction of sp³-hybridized carbons (Fsp3) is 0.438. The van der Waals surface area contributed by atoms with Gasteiger partial charge in [0, 0.05) is 19.6 Å². The van der Waals surface area contributed by atoms with Gasteiger partial charge in [0.2, 0.25) is 5.91 Å². The smallest absolute Gasteiger partial charge is 0.233 e. The second-order valence-electron chi connectivity index (χ2n) is 5.50. The van der Waals surface area contributed by atoms with Gasteiger partial charge in [-0.2, -0.15) is 0 Å². The molecular formula is C16H22N4O2S. The molecule has 124 valence electrons. The van der Waals surface area contributed by atoms with Crippen LogP contribution in [0.4, 0.5) is 0 Å². The third-order valence-electron chi connectivity index (χ3n) is 3.40. The van der Waals surface area contributed by atoms with E-state index in [1.165, 1.54) is 11.8 Å². The molecule has 1 amide bonds. The lowest BCUT2D eigenvalue weighted by atomic mass is 10.2. The number of rotatable bonds is 7. The van der Waals surface area contributed by atoms with Gasteiger partial charge in [0.05, 0.1) is 12.9 Å². The van der Waals surface area contributed by atoms with Gasteiger partial charge in [-0.3, -0.25) is 4.79 Å². The highest BCUT2D eigenvalue weighted by Crippen LogP contribution is 2.19. The number of benzene rings is 1. The first-order chi connectivity index (χ1) is 11.0. The fourth-order valence-electron chi connectivity index (χ4n) is 2.06. The Hall–Kier alpha value is -2.02. The fourth-order valence-corrected chi connectivity index (χ4v) is 3.04. The first-order valence-corrected chi connectivity index (χ1v) is 8.39. The van der Waals surface area contributed by atoms with E-state index in [-0.39, 0.29) is 11.9 Å². The number of thioether (sulfide) groups is 1. The largest absolute Gasteiger partial charge is 0.497 e. The highest BCUT2D eigenvalue weighted by Gasteiger charge is 2.14. The van der Waals surface area contributed by atoms with Gasteiger partial charge in [0.15, 0.2) is 5.16 Å². The Morgan fingerprint density at radius 3 is 2.91 bits per heavy atom. The van der Waals surface area contributed by atoms with Crippen LogP contribution in [0.15, 0.2) is 35.7 Å². The van der Waals surface area contributed by atoms with Crippen LogP contribution in [-0.4, -0.2) is 45.5 Å². The minimum absolute atomic E-state index is 0.0520. The van der Waals surface area contributed by atoms with Crippen molar-refractivity contribution in [2.75, 3.05) is 19.9 Å². The van der Waals surface area contributed by atoms with Crippen LogP contribution in [0.2, 0.25) is 0 Å². The van der Waals surface area contributed by atoms with E-state index in [0.29, 0.717) is 12.3 Å². The lowest BCUT2D eigenvalue weighted by Gasteiger charge is -2.17. The highest BCUT2D eigenvalue weighted by atomic mass is 32.2. The minimum atomic E-state index is 0.0520. The number of hydrogen-bond donors (Lipinski definition) is 0. The number of amides is 1. The van der Waals surface area contributed by atoms with Crippen molar-refractivity contribution in [3.05, 3.63) is 36.2 Å². The Kier molecular flexibility index (Phi) is 6.04. The van der Waals surface area contributed by atoms with Gasteiger partial charge in [-0.05, 0) is 31.5 Å². The zero-order valence-electron chi connectivity index (χ0n) is 13.9. The van der Waals surface area contributed by atoms with Crippen molar-refractivity contribution in [1.29, 1.82) is 0 Å². The molecule has 0 aliphatic rings. The normalized spacial score (nSPS) is 10.8. The third-order valence-corrected chi connectivity index (χ3v) is 4.34. The topological polar surface area (TPSA) is 60.2 Å². The van der Waals surface area contributed by atoms with Crippen molar-refractivity contribution >= 4 is 17.7 Å². The maximum atomic E-state index is 12.3. The first-order valence-electron chi connectivity index (χ1n) is 7.40. The Labute approximate surface area is 140 Å². The number of carbonyl (C=O) groups is 1. The average Bonchev–Trinajstić information content (AvgIpc) is 3.01. The van der Waals surface area contributed by atoms with Crippen LogP contribution in [0.3, 0.4) is 0 Å². The molecule has 0 saturated heterocycles. The maximum Gasteiger partial charge on any atom is 0.233 e. The van der Waals surface area contributed by atoms with Crippen LogP contribution in [-0.2, 0) is 11.3 Å². The summed E-state index contributed by atoms with van der Waals surface area (Å²) in [5.41, 5.74) is 1.04. The summed E-state index contributed by atoms with van der Waals surface area (Å²) in [5, 5.41) is 8.74. The summed E-state index contributed by atoms with van der Waals surface area (Å²) in [6.07, 6.45) is 1.69. The van der Waals surface area contributed by atoms with E-state index < -0.39 is 0 Å². The molecule has 0 saturated carbocycles. The van der Waals surface area contributed by atoms with Crippen molar-refractivity contribution < 1.29 is 9.53 Å². The van der Waals surface area contributed by atoms with Crippen LogP contribution in [0.1, 0.15) is 25.5 Å². The number of nitrogens with zero attached hydrogens (tertiary/aromatic N) is 4. The van der Waals surface area contributed by atoms with Gasteiger partial charge in [-0.15, -0.1) is 10.2 Å². The summed E-state index contributed by atoms with van der Waals surface area (Å²) in [6, 6.07) is 8.00. The Bertz CT molecular complexity index is 657. The number of hydrogen-bond acceptors (Lipinski definition) is 5. The zero-order chi connectivity index (χ0) is 16.8. The van der Waals surface area contributed by atoms with Crippen LogP contribution in [0.5, 0.6) is 5.75 Å². The van der Waals surface area contributed by atoms with Gasteiger partial charge in [0.1, 0.15) is 12.1 Å². The Morgan fingerprint density at radius 2 is 2.22 bits per heavy atom. The number of carbonyl (C=O) groups excluding carboxylic acids is 1. The molecule has 1 aromatic heterocycles. The van der Waals surface area contributed by atoms with Crippen molar-refractivity contribution in [3.63, 3.8) is 0 Å². The third kappa shape index (κ3) is 4.72. The predicted molar refractivity (Wildman–Crippen MR) is 90.6 cm³/mol. The Morgan fingerprint density at radius 1 is 1.43 bits per heavy atom. The van der Waals surface area contributed by atoms with E-state index in [0.717, 1.165) is 16.5 Å². The van der Waals surface area contributed by atoms with E-state index >= 15 is 0 Å². The summed E-state index contributed by atoms with van der Waals surface area (Å²) in [6.45, 7) is 4.67. The second kappa shape index (κ2) is 8.01. The zero-order valence-corrected chi connectivity index (χ0v) is 14.7. The molecule has 2 rings (SSSR count).